The molecule has 0 radical (unpaired) electrons. The number of alkyl halides is 1. The maximum Gasteiger partial charge on any atom is 0.123 e. The normalized spacial score (nSPS) is 10.2. The highest BCUT2D eigenvalue weighted by Gasteiger charge is 2.04. The molecule has 0 aliphatic carbocycles. The van der Waals surface area contributed by atoms with Gasteiger partial charge in [0.15, 0.2) is 0 Å². The van der Waals surface area contributed by atoms with E-state index in [1.54, 1.807) is 14.2 Å². The van der Waals surface area contributed by atoms with Crippen LogP contribution in [0.4, 0.5) is 0 Å². The van der Waals surface area contributed by atoms with Crippen LogP contribution in [0.2, 0.25) is 0 Å². The molecule has 4 heteroatoms. The number of halogens is 1. The van der Waals surface area contributed by atoms with Crippen LogP contribution in [0.1, 0.15) is 12.0 Å². The highest BCUT2D eigenvalue weighted by Crippen LogP contribution is 2.26. The fourth-order valence-corrected chi connectivity index (χ4v) is 1.75. The zero-order valence-corrected chi connectivity index (χ0v) is 11.2. The van der Waals surface area contributed by atoms with Gasteiger partial charge in [-0.3, -0.25) is 0 Å². The van der Waals surface area contributed by atoms with Crippen molar-refractivity contribution in [3.05, 3.63) is 23.8 Å². The molecular weight excluding hydrogens is 272 g/mol. The number of hydrogen-bond acceptors (Lipinski definition) is 3. The lowest BCUT2D eigenvalue weighted by Gasteiger charge is -2.11. The highest BCUT2D eigenvalue weighted by atomic mass is 79.9. The Morgan fingerprint density at radius 3 is 2.62 bits per heavy atom. The van der Waals surface area contributed by atoms with Crippen molar-refractivity contribution in [2.45, 2.75) is 11.8 Å². The van der Waals surface area contributed by atoms with Gasteiger partial charge in [0, 0.05) is 31.0 Å². The van der Waals surface area contributed by atoms with Crippen LogP contribution in [-0.2, 0) is 10.1 Å². The molecule has 0 aliphatic heterocycles. The third-order valence-corrected chi connectivity index (χ3v) is 2.77. The third kappa shape index (κ3) is 4.02. The summed E-state index contributed by atoms with van der Waals surface area (Å²) >= 11 is 3.43. The Balaban J connectivity index is 2.57. The van der Waals surface area contributed by atoms with Crippen molar-refractivity contribution in [3.63, 3.8) is 0 Å². The van der Waals surface area contributed by atoms with Gasteiger partial charge in [0.05, 0.1) is 13.7 Å². The molecule has 0 spiro atoms. The largest absolute Gasteiger partial charge is 0.497 e. The van der Waals surface area contributed by atoms with Crippen LogP contribution in [0.5, 0.6) is 11.5 Å². The summed E-state index contributed by atoms with van der Waals surface area (Å²) in [6.07, 6.45) is 0.893. The van der Waals surface area contributed by atoms with Crippen molar-refractivity contribution < 1.29 is 14.2 Å². The van der Waals surface area contributed by atoms with Crippen LogP contribution in [-0.4, -0.2) is 27.4 Å². The van der Waals surface area contributed by atoms with E-state index in [9.17, 15) is 0 Å². The maximum absolute atomic E-state index is 5.66. The molecule has 0 saturated carbocycles. The minimum atomic E-state index is 0.667. The molecule has 90 valence electrons. The predicted octanol–water partition coefficient (Wildman–Crippen LogP) is 3.01. The van der Waals surface area contributed by atoms with Crippen molar-refractivity contribution in [1.29, 1.82) is 0 Å². The van der Waals surface area contributed by atoms with Gasteiger partial charge in [-0.05, 0) is 18.2 Å². The van der Waals surface area contributed by atoms with E-state index >= 15 is 0 Å². The standard InChI is InChI=1S/C12H17BrO3/c1-14-6-3-7-16-12-5-4-11(15-2)8-10(12)9-13/h4-5,8H,3,6-7,9H2,1-2H3. The Hall–Kier alpha value is -0.740. The van der Waals surface area contributed by atoms with Crippen molar-refractivity contribution in [3.8, 4) is 11.5 Å². The summed E-state index contributed by atoms with van der Waals surface area (Å²) in [6.45, 7) is 1.39. The zero-order valence-electron chi connectivity index (χ0n) is 9.66. The van der Waals surface area contributed by atoms with Gasteiger partial charge in [0.1, 0.15) is 11.5 Å². The molecule has 0 atom stereocenters. The SMILES string of the molecule is COCCCOc1ccc(OC)cc1CBr. The van der Waals surface area contributed by atoms with E-state index in [0.717, 1.165) is 35.4 Å². The minimum Gasteiger partial charge on any atom is -0.497 e. The van der Waals surface area contributed by atoms with Crippen LogP contribution >= 0.6 is 15.9 Å². The molecule has 0 aromatic heterocycles. The maximum atomic E-state index is 5.66. The van der Waals surface area contributed by atoms with Crippen molar-refractivity contribution in [1.82, 2.24) is 0 Å². The van der Waals surface area contributed by atoms with E-state index in [2.05, 4.69) is 15.9 Å². The van der Waals surface area contributed by atoms with Crippen molar-refractivity contribution >= 4 is 15.9 Å². The quantitative estimate of drug-likeness (QED) is 0.570. The van der Waals surface area contributed by atoms with E-state index in [1.165, 1.54) is 0 Å². The molecule has 0 heterocycles. The van der Waals surface area contributed by atoms with Crippen LogP contribution in [0.15, 0.2) is 18.2 Å². The second-order valence-corrected chi connectivity index (χ2v) is 3.86. The average molecular weight is 289 g/mol. The molecule has 1 aromatic carbocycles. The summed E-state index contributed by atoms with van der Waals surface area (Å²) in [7, 11) is 3.35. The molecule has 0 aliphatic rings. The Kier molecular flexibility index (Phi) is 6.26. The summed E-state index contributed by atoms with van der Waals surface area (Å²) in [4.78, 5) is 0. The topological polar surface area (TPSA) is 27.7 Å². The van der Waals surface area contributed by atoms with E-state index < -0.39 is 0 Å². The number of methoxy groups -OCH3 is 2. The summed E-state index contributed by atoms with van der Waals surface area (Å²) in [5, 5.41) is 0.754. The van der Waals surface area contributed by atoms with Crippen LogP contribution in [0, 0.1) is 0 Å². The summed E-state index contributed by atoms with van der Waals surface area (Å²) < 4.78 is 15.8. The molecule has 0 fully saturated rings. The molecule has 0 saturated heterocycles. The second-order valence-electron chi connectivity index (χ2n) is 3.30. The van der Waals surface area contributed by atoms with E-state index in [0.29, 0.717) is 6.61 Å². The molecule has 0 unspecified atom stereocenters. The molecule has 16 heavy (non-hydrogen) atoms. The average Bonchev–Trinajstić information content (AvgIpc) is 2.34. The van der Waals surface area contributed by atoms with Gasteiger partial charge >= 0.3 is 0 Å². The zero-order chi connectivity index (χ0) is 11.8. The smallest absolute Gasteiger partial charge is 0.123 e. The molecule has 0 N–H and O–H groups in total. The summed E-state index contributed by atoms with van der Waals surface area (Å²) in [6, 6.07) is 5.81. The lowest BCUT2D eigenvalue weighted by atomic mass is 10.2. The lowest BCUT2D eigenvalue weighted by Crippen LogP contribution is -2.03. The first-order chi connectivity index (χ1) is 7.81. The van der Waals surface area contributed by atoms with Gasteiger partial charge in [-0.1, -0.05) is 15.9 Å². The van der Waals surface area contributed by atoms with Crippen LogP contribution < -0.4 is 9.47 Å². The summed E-state index contributed by atoms with van der Waals surface area (Å²) in [5.41, 5.74) is 1.09. The Labute approximate surface area is 105 Å². The van der Waals surface area contributed by atoms with E-state index in [4.69, 9.17) is 14.2 Å². The number of rotatable bonds is 7. The molecule has 1 rings (SSSR count). The molecule has 0 bridgehead atoms. The van der Waals surface area contributed by atoms with Crippen LogP contribution in [0.3, 0.4) is 0 Å². The van der Waals surface area contributed by atoms with Gasteiger partial charge in [-0.2, -0.15) is 0 Å². The number of ether oxygens (including phenoxy) is 3. The number of benzene rings is 1. The fourth-order valence-electron chi connectivity index (χ4n) is 1.31. The molecule has 1 aromatic rings. The van der Waals surface area contributed by atoms with E-state index in [-0.39, 0.29) is 0 Å². The van der Waals surface area contributed by atoms with Gasteiger partial charge in [-0.15, -0.1) is 0 Å². The number of hydrogen-bond donors (Lipinski definition) is 0. The van der Waals surface area contributed by atoms with Crippen molar-refractivity contribution in [2.75, 3.05) is 27.4 Å². The fraction of sp³-hybridized carbons (Fsp3) is 0.500. The Morgan fingerprint density at radius 1 is 1.19 bits per heavy atom. The monoisotopic (exact) mass is 288 g/mol. The second kappa shape index (κ2) is 7.52. The first kappa shape index (κ1) is 13.3. The third-order valence-electron chi connectivity index (χ3n) is 2.16. The predicted molar refractivity (Wildman–Crippen MR) is 67.6 cm³/mol. The Bertz CT molecular complexity index is 315. The highest BCUT2D eigenvalue weighted by molar-refractivity contribution is 9.08. The van der Waals surface area contributed by atoms with Gasteiger partial charge < -0.3 is 14.2 Å². The summed E-state index contributed by atoms with van der Waals surface area (Å²) in [5.74, 6) is 1.74. The van der Waals surface area contributed by atoms with Gasteiger partial charge in [0.2, 0.25) is 0 Å². The van der Waals surface area contributed by atoms with Gasteiger partial charge in [0.25, 0.3) is 0 Å². The molecule has 0 amide bonds. The van der Waals surface area contributed by atoms with Gasteiger partial charge in [-0.25, -0.2) is 0 Å². The lowest BCUT2D eigenvalue weighted by molar-refractivity contribution is 0.172. The minimum absolute atomic E-state index is 0.667. The van der Waals surface area contributed by atoms with Crippen LogP contribution in [0.25, 0.3) is 0 Å². The van der Waals surface area contributed by atoms with E-state index in [1.807, 2.05) is 18.2 Å². The first-order valence-electron chi connectivity index (χ1n) is 5.16. The molecule has 3 nitrogen and oxygen atoms in total. The van der Waals surface area contributed by atoms with Crippen molar-refractivity contribution in [2.24, 2.45) is 0 Å². The first-order valence-corrected chi connectivity index (χ1v) is 6.28. The molecular formula is C12H17BrO3. The Morgan fingerprint density at radius 2 is 2.00 bits per heavy atom.